The Balaban J connectivity index is 0.581. The van der Waals surface area contributed by atoms with Crippen LogP contribution in [0.2, 0.25) is 0 Å². The number of aryl methyl sites for hydroxylation is 7. The molecule has 0 bridgehead atoms. The Labute approximate surface area is 713 Å². The van der Waals surface area contributed by atoms with E-state index in [9.17, 15) is 0 Å². The number of aliphatic imine (C=N–C) groups is 1. The lowest BCUT2D eigenvalue weighted by atomic mass is 9.83. The third kappa shape index (κ3) is 13.9. The van der Waals surface area contributed by atoms with Gasteiger partial charge < -0.3 is 0 Å². The van der Waals surface area contributed by atoms with E-state index in [1.807, 2.05) is 37.8 Å². The largest absolute Gasteiger partial charge is 0.261 e. The van der Waals surface area contributed by atoms with Crippen molar-refractivity contribution in [3.63, 3.8) is 0 Å². The predicted molar refractivity (Wildman–Crippen MR) is 504 cm³/mol. The van der Waals surface area contributed by atoms with Gasteiger partial charge in [0.15, 0.2) is 0 Å². The van der Waals surface area contributed by atoms with E-state index in [4.69, 9.17) is 29.9 Å². The number of benzene rings is 13. The number of allylic oxidation sites excluding steroid dienone is 5. The second-order valence-corrected chi connectivity index (χ2v) is 33.1. The number of pyridine rings is 3. The first-order chi connectivity index (χ1) is 60.4. The average Bonchev–Trinajstić information content (AvgIpc) is 0.753. The first-order valence-electron chi connectivity index (χ1n) is 43.1. The molecule has 122 heavy (non-hydrogen) atoms. The van der Waals surface area contributed by atoms with Crippen molar-refractivity contribution in [3.05, 3.63) is 433 Å². The molecule has 0 spiro atoms. The Hall–Kier alpha value is -14.7. The van der Waals surface area contributed by atoms with Crippen LogP contribution >= 0.6 is 0 Å². The minimum atomic E-state index is 0.0500. The molecule has 5 aliphatic rings. The van der Waals surface area contributed by atoms with Crippen LogP contribution in [0.1, 0.15) is 87.9 Å². The van der Waals surface area contributed by atoms with Crippen LogP contribution in [-0.2, 0) is 44.9 Å². The highest BCUT2D eigenvalue weighted by atomic mass is 14.8. The molecule has 1 unspecified atom stereocenters. The quantitative estimate of drug-likeness (QED) is 0.102. The van der Waals surface area contributed by atoms with Gasteiger partial charge in [0.25, 0.3) is 0 Å². The SMILES string of the molecule is C/C=C\N=C1/CCCc2cc(-c3ccccc3-c3cc(-c4ccccc4C4=CCC(c5cc(-c6ccc(-c7ccccc7-c7cc(-c8ccccc8-c8ccc9c(c8)CCc8cccnc8-9)cc(-c8ccccc8-c8ccc9c(c8)CCc8cccnc8-9)c7)cc6)ncn5)C=C4)cc(-c4ccccc4-c4ccc5c(c4)CCc4cccnc4-5)c3)ccc21. The van der Waals surface area contributed by atoms with Crippen molar-refractivity contribution < 1.29 is 0 Å². The van der Waals surface area contributed by atoms with E-state index >= 15 is 0 Å². The first-order valence-corrected chi connectivity index (χ1v) is 43.1. The molecule has 1 atom stereocenters. The van der Waals surface area contributed by atoms with Gasteiger partial charge in [0.1, 0.15) is 6.33 Å². The summed E-state index contributed by atoms with van der Waals surface area (Å²) < 4.78 is 0. The summed E-state index contributed by atoms with van der Waals surface area (Å²) in [7, 11) is 0. The third-order valence-corrected chi connectivity index (χ3v) is 25.9. The van der Waals surface area contributed by atoms with Crippen LogP contribution in [-0.4, -0.2) is 30.6 Å². The Morgan fingerprint density at radius 3 is 0.992 bits per heavy atom. The average molecular weight is 1560 g/mol. The van der Waals surface area contributed by atoms with Crippen LogP contribution in [0.4, 0.5) is 0 Å². The fourth-order valence-corrected chi connectivity index (χ4v) is 19.9. The zero-order valence-corrected chi connectivity index (χ0v) is 68.1. The van der Waals surface area contributed by atoms with Crippen molar-refractivity contribution in [1.82, 2.24) is 24.9 Å². The Kier molecular flexibility index (Phi) is 19.2. The van der Waals surface area contributed by atoms with Gasteiger partial charge in [-0.25, -0.2) is 9.97 Å². The van der Waals surface area contributed by atoms with E-state index in [-0.39, 0.29) is 5.92 Å². The molecule has 17 aromatic rings. The summed E-state index contributed by atoms with van der Waals surface area (Å²) >= 11 is 0. The Morgan fingerprint density at radius 1 is 0.270 bits per heavy atom. The number of hydrogen-bond acceptors (Lipinski definition) is 6. The van der Waals surface area contributed by atoms with Crippen LogP contribution in [0.5, 0.6) is 0 Å². The summed E-state index contributed by atoms with van der Waals surface area (Å²) in [6.45, 7) is 2.03. The molecule has 0 N–H and O–H groups in total. The summed E-state index contributed by atoms with van der Waals surface area (Å²) in [6.07, 6.45) is 28.3. The molecule has 0 aliphatic heterocycles. The fraction of sp³-hybridized carbons (Fsp3) is 0.103. The van der Waals surface area contributed by atoms with Crippen molar-refractivity contribution in [3.8, 4) is 167 Å². The maximum Gasteiger partial charge on any atom is 0.116 e. The molecule has 0 fully saturated rings. The molecule has 0 radical (unpaired) electrons. The molecule has 0 amide bonds. The first kappa shape index (κ1) is 73.6. The summed E-state index contributed by atoms with van der Waals surface area (Å²) in [5, 5.41) is 0. The van der Waals surface area contributed by atoms with Crippen molar-refractivity contribution in [2.75, 3.05) is 0 Å². The van der Waals surface area contributed by atoms with Crippen LogP contribution < -0.4 is 0 Å². The summed E-state index contributed by atoms with van der Waals surface area (Å²) in [5.74, 6) is 0.0500. The zero-order chi connectivity index (χ0) is 81.0. The van der Waals surface area contributed by atoms with Crippen molar-refractivity contribution in [2.24, 2.45) is 4.99 Å². The van der Waals surface area contributed by atoms with Crippen LogP contribution in [0, 0.1) is 0 Å². The van der Waals surface area contributed by atoms with Gasteiger partial charge >= 0.3 is 0 Å². The van der Waals surface area contributed by atoms with Crippen molar-refractivity contribution in [1.29, 1.82) is 0 Å². The van der Waals surface area contributed by atoms with Gasteiger partial charge in [-0.2, -0.15) is 0 Å². The van der Waals surface area contributed by atoms with E-state index < -0.39 is 0 Å². The molecule has 4 heterocycles. The molecular formula is C116H86N6. The van der Waals surface area contributed by atoms with E-state index in [1.165, 1.54) is 150 Å². The number of rotatable bonds is 15. The summed E-state index contributed by atoms with van der Waals surface area (Å²) in [5.41, 5.74) is 50.0. The van der Waals surface area contributed by atoms with E-state index in [1.54, 1.807) is 6.33 Å². The lowest BCUT2D eigenvalue weighted by molar-refractivity contribution is 0.811. The molecule has 6 nitrogen and oxygen atoms in total. The lowest BCUT2D eigenvalue weighted by Crippen LogP contribution is -2.11. The van der Waals surface area contributed by atoms with Gasteiger partial charge in [0.2, 0.25) is 0 Å². The Morgan fingerprint density at radius 2 is 0.607 bits per heavy atom. The molecule has 22 rings (SSSR count). The topological polar surface area (TPSA) is 76.8 Å². The molecule has 0 saturated heterocycles. The highest BCUT2D eigenvalue weighted by Gasteiger charge is 2.27. The van der Waals surface area contributed by atoms with Crippen LogP contribution in [0.25, 0.3) is 173 Å². The number of hydrogen-bond donors (Lipinski definition) is 0. The van der Waals surface area contributed by atoms with E-state index in [0.717, 1.165) is 148 Å². The second-order valence-electron chi connectivity index (χ2n) is 33.1. The van der Waals surface area contributed by atoms with Gasteiger partial charge in [-0.15, -0.1) is 0 Å². The standard InChI is InChI=1S/C116H86N6/c1-2-58-117-111-35-15-19-81-62-82(50-54-107(81)111)97-25-5-11-31-103(97)91-66-89(67-92(70-91)104-32-12-6-26-98(104)83-51-55-108-86(63-83)47-44-78-20-16-59-118-114(78)108)101-29-9-3-23-95(101)74-36-40-76(41-37-74)112-72-113(122-73-121-112)77-42-38-75(39-43-77)96-24-4-10-30-102(96)90-68-93(105-33-13-7-27-99(105)84-52-56-109-87(64-84)48-45-79-21-17-60-119-115(79)109)71-94(69-90)106-34-14-8-28-100(106)85-53-57-110-88(65-85)49-46-80-22-18-61-120-116(80)110/h2-14,16-18,20-34,36-40,42-43,50-73,76H,15,19,35,41,44-49H2,1H3/b58-2-,117-111+. The monoisotopic (exact) mass is 1560 g/mol. The third-order valence-electron chi connectivity index (χ3n) is 25.9. The lowest BCUT2D eigenvalue weighted by Gasteiger charge is -2.21. The molecule has 580 valence electrons. The normalized spacial score (nSPS) is 14.5. The minimum absolute atomic E-state index is 0.0500. The fourth-order valence-electron chi connectivity index (χ4n) is 19.9. The van der Waals surface area contributed by atoms with Gasteiger partial charge in [-0.05, 0) is 310 Å². The summed E-state index contributed by atoms with van der Waals surface area (Å²) in [4.78, 5) is 29.5. The van der Waals surface area contributed by atoms with Gasteiger partial charge in [-0.1, -0.05) is 285 Å². The second kappa shape index (κ2) is 31.9. The van der Waals surface area contributed by atoms with Crippen LogP contribution in [0.15, 0.2) is 382 Å². The van der Waals surface area contributed by atoms with E-state index in [0.29, 0.717) is 0 Å². The Bertz CT molecular complexity index is 7010. The molecule has 13 aromatic carbocycles. The highest BCUT2D eigenvalue weighted by molar-refractivity contribution is 6.04. The minimum Gasteiger partial charge on any atom is -0.261 e. The number of fused-ring (bicyclic) bond motifs is 10. The van der Waals surface area contributed by atoms with Gasteiger partial charge in [0.05, 0.1) is 28.5 Å². The van der Waals surface area contributed by atoms with Crippen LogP contribution in [0.3, 0.4) is 0 Å². The van der Waals surface area contributed by atoms with Crippen molar-refractivity contribution in [2.45, 2.75) is 77.0 Å². The number of aromatic nitrogens is 5. The number of nitrogens with zero attached hydrogens (tertiary/aromatic N) is 6. The zero-order valence-electron chi connectivity index (χ0n) is 68.1. The van der Waals surface area contributed by atoms with Crippen molar-refractivity contribution >= 4 is 11.3 Å². The predicted octanol–water partition coefficient (Wildman–Crippen LogP) is 28.7. The maximum atomic E-state index is 5.01. The molecule has 6 heteroatoms. The maximum absolute atomic E-state index is 5.01. The summed E-state index contributed by atoms with van der Waals surface area (Å²) in [6, 6.07) is 120. The molecular weight excluding hydrogens is 1480 g/mol. The smallest absolute Gasteiger partial charge is 0.116 e. The molecule has 0 saturated carbocycles. The highest BCUT2D eigenvalue weighted by Crippen LogP contribution is 2.49. The van der Waals surface area contributed by atoms with Gasteiger partial charge in [-0.3, -0.25) is 19.9 Å². The molecule has 4 aromatic heterocycles. The molecule has 5 aliphatic carbocycles. The van der Waals surface area contributed by atoms with E-state index in [2.05, 4.69) is 340 Å². The van der Waals surface area contributed by atoms with Gasteiger partial charge in [0, 0.05) is 58.7 Å².